The summed E-state index contributed by atoms with van der Waals surface area (Å²) in [6.07, 6.45) is 1.03. The van der Waals surface area contributed by atoms with Gasteiger partial charge in [-0.1, -0.05) is 20.8 Å². The van der Waals surface area contributed by atoms with Crippen LogP contribution in [-0.2, 0) is 29.0 Å². The number of hydrogen-bond acceptors (Lipinski definition) is 6. The number of ketones is 1. The summed E-state index contributed by atoms with van der Waals surface area (Å²) in [5.74, 6) is -0.336. The number of Topliss-reactive ketones (excluding diaryl/α,β-unsaturated/α-hetero) is 1. The van der Waals surface area contributed by atoms with Crippen molar-refractivity contribution in [2.24, 2.45) is 0 Å². The first-order valence-corrected chi connectivity index (χ1v) is 13.6. The summed E-state index contributed by atoms with van der Waals surface area (Å²) in [7, 11) is 0. The second kappa shape index (κ2) is 11.4. The van der Waals surface area contributed by atoms with Crippen LogP contribution in [0, 0.1) is 12.7 Å². The van der Waals surface area contributed by atoms with Crippen LogP contribution in [0.25, 0.3) is 22.3 Å². The molecule has 0 radical (unpaired) electrons. The third kappa shape index (κ3) is 4.89. The van der Waals surface area contributed by atoms with Gasteiger partial charge in [0.15, 0.2) is 5.78 Å². The molecule has 2 unspecified atom stereocenters. The van der Waals surface area contributed by atoms with E-state index in [1.165, 1.54) is 13.0 Å². The molecule has 0 bridgehead atoms. The van der Waals surface area contributed by atoms with Gasteiger partial charge in [-0.25, -0.2) is 9.37 Å². The highest BCUT2D eigenvalue weighted by molar-refractivity contribution is 5.93. The summed E-state index contributed by atoms with van der Waals surface area (Å²) in [4.78, 5) is 40.1. The number of carbonyl (C=O) groups excluding carboxylic acids is 2. The van der Waals surface area contributed by atoms with Gasteiger partial charge in [-0.05, 0) is 60.4 Å². The molecule has 3 aromatic rings. The highest BCUT2D eigenvalue weighted by Crippen LogP contribution is 2.45. The topological polar surface area (TPSA) is 122 Å². The number of nitrogens with zero attached hydrogens (tertiary/aromatic N) is 2. The van der Waals surface area contributed by atoms with Gasteiger partial charge in [0.05, 0.1) is 30.1 Å². The van der Waals surface area contributed by atoms with Gasteiger partial charge in [-0.15, -0.1) is 0 Å². The molecule has 2 aliphatic carbocycles. The van der Waals surface area contributed by atoms with Crippen LogP contribution in [0.15, 0.2) is 16.9 Å². The van der Waals surface area contributed by atoms with Gasteiger partial charge in [0.2, 0.25) is 5.91 Å². The lowest BCUT2D eigenvalue weighted by Gasteiger charge is -2.26. The predicted octanol–water partition coefficient (Wildman–Crippen LogP) is 3.61. The van der Waals surface area contributed by atoms with Crippen LogP contribution < -0.4 is 10.9 Å². The molecule has 0 saturated carbocycles. The Kier molecular flexibility index (Phi) is 8.32. The zero-order chi connectivity index (χ0) is 28.6. The zero-order valence-electron chi connectivity index (χ0n) is 23.2. The fourth-order valence-electron chi connectivity index (χ4n) is 5.88. The van der Waals surface area contributed by atoms with Crippen molar-refractivity contribution < 1.29 is 24.2 Å². The molecule has 1 amide bonds. The van der Waals surface area contributed by atoms with E-state index in [0.717, 1.165) is 34.9 Å². The second-order valence-electron chi connectivity index (χ2n) is 10.1. The number of pyridine rings is 2. The molecule has 3 heterocycles. The lowest BCUT2D eigenvalue weighted by atomic mass is 9.79. The highest BCUT2D eigenvalue weighted by atomic mass is 19.1. The summed E-state index contributed by atoms with van der Waals surface area (Å²) < 4.78 is 16.3. The Labute approximate surface area is 226 Å². The number of hydrogen-bond donors (Lipinski definition) is 3. The summed E-state index contributed by atoms with van der Waals surface area (Å²) in [5, 5.41) is 21.9. The molecule has 0 spiro atoms. The van der Waals surface area contributed by atoms with Crippen molar-refractivity contribution in [1.82, 2.24) is 14.9 Å². The number of aromatic nitrogens is 2. The van der Waals surface area contributed by atoms with Crippen LogP contribution >= 0.6 is 0 Å². The average molecular weight is 538 g/mol. The molecule has 3 aliphatic rings. The van der Waals surface area contributed by atoms with Crippen LogP contribution in [0.4, 0.5) is 4.39 Å². The third-order valence-corrected chi connectivity index (χ3v) is 7.77. The van der Waals surface area contributed by atoms with Crippen LogP contribution in [0.1, 0.15) is 85.9 Å². The van der Waals surface area contributed by atoms with E-state index in [1.807, 2.05) is 20.8 Å². The maximum atomic E-state index is 14.6. The summed E-state index contributed by atoms with van der Waals surface area (Å²) in [6, 6.07) is 3.24. The third-order valence-electron chi connectivity index (χ3n) is 7.77. The molecule has 8 nitrogen and oxygen atoms in total. The van der Waals surface area contributed by atoms with Crippen molar-refractivity contribution in [2.75, 3.05) is 13.2 Å². The molecule has 1 aliphatic heterocycles. The maximum Gasteiger partial charge on any atom is 0.254 e. The van der Waals surface area contributed by atoms with E-state index >= 15 is 0 Å². The van der Waals surface area contributed by atoms with Gasteiger partial charge in [-0.3, -0.25) is 14.4 Å². The molecule has 6 rings (SSSR count). The number of aliphatic hydroxyl groups is 2. The van der Waals surface area contributed by atoms with E-state index in [1.54, 1.807) is 10.6 Å². The molecule has 39 heavy (non-hydrogen) atoms. The Hall–Kier alpha value is -3.43. The Bertz CT molecular complexity index is 1530. The van der Waals surface area contributed by atoms with E-state index in [9.17, 15) is 23.9 Å². The number of benzene rings is 1. The first kappa shape index (κ1) is 28.6. The number of rotatable bonds is 2. The molecule has 9 heteroatoms. The van der Waals surface area contributed by atoms with Crippen molar-refractivity contribution in [3.8, 4) is 11.4 Å². The summed E-state index contributed by atoms with van der Waals surface area (Å²) in [5.41, 5.74) is 6.55. The first-order chi connectivity index (χ1) is 18.6. The van der Waals surface area contributed by atoms with Crippen molar-refractivity contribution in [2.45, 2.75) is 78.9 Å². The van der Waals surface area contributed by atoms with E-state index < -0.39 is 6.10 Å². The minimum atomic E-state index is -1.26. The number of halogens is 1. The quantitative estimate of drug-likeness (QED) is 0.359. The number of carbonyl (C=O) groups is 2. The molecule has 208 valence electrons. The monoisotopic (exact) mass is 537 g/mol. The van der Waals surface area contributed by atoms with Gasteiger partial charge in [-0.2, -0.15) is 0 Å². The molecule has 1 aromatic carbocycles. The van der Waals surface area contributed by atoms with Gasteiger partial charge in [0.1, 0.15) is 11.9 Å². The summed E-state index contributed by atoms with van der Waals surface area (Å²) in [6.45, 7) is 10.2. The minimum Gasteiger partial charge on any atom is -0.395 e. The highest BCUT2D eigenvalue weighted by Gasteiger charge is 2.35. The van der Waals surface area contributed by atoms with Crippen molar-refractivity contribution >= 4 is 22.6 Å². The molecule has 3 N–H and O–H groups in total. The van der Waals surface area contributed by atoms with Crippen LogP contribution in [0.5, 0.6) is 0 Å². The zero-order valence-corrected chi connectivity index (χ0v) is 23.2. The molecular formula is C30H36FN3O5. The predicted molar refractivity (Wildman–Crippen MR) is 147 cm³/mol. The smallest absolute Gasteiger partial charge is 0.254 e. The van der Waals surface area contributed by atoms with Gasteiger partial charge in [0.25, 0.3) is 5.56 Å². The number of fused-ring (bicyclic) bond motifs is 5. The number of aryl methyl sites for hydroxylation is 1. The SMILES string of the molecule is CC.CC(=O)NCCO.Cc1c(F)cc2nc3c(c4c2c1CCC4C)Cn1c-3cc2c(c1=O)CCC(=O)C2O. The molecule has 2 aromatic heterocycles. The van der Waals surface area contributed by atoms with E-state index in [0.29, 0.717) is 53.1 Å². The Morgan fingerprint density at radius 2 is 1.87 bits per heavy atom. The molecule has 2 atom stereocenters. The van der Waals surface area contributed by atoms with Gasteiger partial charge < -0.3 is 20.1 Å². The summed E-state index contributed by atoms with van der Waals surface area (Å²) >= 11 is 0. The lowest BCUT2D eigenvalue weighted by Crippen LogP contribution is -2.31. The van der Waals surface area contributed by atoms with Crippen molar-refractivity contribution in [3.63, 3.8) is 0 Å². The molecular weight excluding hydrogens is 501 g/mol. The standard InChI is InChI=1S/C24H21FN2O3.C4H9NO2.C2H6/c1-10-3-4-12-11(2)16(25)8-17-21(12)20(10)15-9-27-18(22(15)26-17)7-14-13(24(27)30)5-6-19(28)23(14)29;1-4(7)5-2-3-6;1-2/h7-8,10,23,29H,3-6,9H2,1-2H3;6H,2-3H2,1H3,(H,5,7);1-2H3. The fourth-order valence-corrected chi connectivity index (χ4v) is 5.88. The van der Waals surface area contributed by atoms with Crippen LogP contribution in [-0.4, -0.2) is 44.6 Å². The Morgan fingerprint density at radius 1 is 1.15 bits per heavy atom. The molecule has 0 saturated heterocycles. The van der Waals surface area contributed by atoms with Gasteiger partial charge >= 0.3 is 0 Å². The Morgan fingerprint density at radius 3 is 2.51 bits per heavy atom. The number of aliphatic hydroxyl groups excluding tert-OH is 2. The first-order valence-electron chi connectivity index (χ1n) is 13.6. The van der Waals surface area contributed by atoms with Crippen LogP contribution in [0.2, 0.25) is 0 Å². The normalized spacial score (nSPS) is 18.2. The van der Waals surface area contributed by atoms with Crippen molar-refractivity contribution in [1.29, 1.82) is 0 Å². The van der Waals surface area contributed by atoms with E-state index in [-0.39, 0.29) is 42.0 Å². The second-order valence-corrected chi connectivity index (χ2v) is 10.1. The number of amides is 1. The average Bonchev–Trinajstić information content (AvgIpc) is 3.29. The largest absolute Gasteiger partial charge is 0.395 e. The maximum absolute atomic E-state index is 14.6. The Balaban J connectivity index is 0.000000345. The van der Waals surface area contributed by atoms with Crippen LogP contribution in [0.3, 0.4) is 0 Å². The molecule has 0 fully saturated rings. The van der Waals surface area contributed by atoms with E-state index in [2.05, 4.69) is 12.2 Å². The van der Waals surface area contributed by atoms with Crippen molar-refractivity contribution in [3.05, 3.63) is 61.7 Å². The number of nitrogens with one attached hydrogen (secondary N) is 1. The van der Waals surface area contributed by atoms with E-state index in [4.69, 9.17) is 10.1 Å². The lowest BCUT2D eigenvalue weighted by molar-refractivity contribution is -0.128. The van der Waals surface area contributed by atoms with Gasteiger partial charge in [0, 0.05) is 42.5 Å². The minimum absolute atomic E-state index is 0.0135. The fraction of sp³-hybridized carbons (Fsp3) is 0.467.